The van der Waals surface area contributed by atoms with E-state index in [1.807, 2.05) is 0 Å². The van der Waals surface area contributed by atoms with Crippen LogP contribution in [-0.2, 0) is 4.79 Å². The number of carbonyl (C=O) groups excluding carboxylic acids is 1. The second kappa shape index (κ2) is 5.48. The number of hydrogen-bond donors (Lipinski definition) is 2. The highest BCUT2D eigenvalue weighted by Crippen LogP contribution is 2.38. The molecule has 0 aliphatic carbocycles. The van der Waals surface area contributed by atoms with Gasteiger partial charge in [0.15, 0.2) is 11.5 Å². The Kier molecular flexibility index (Phi) is 3.94. The van der Waals surface area contributed by atoms with Crippen molar-refractivity contribution in [2.75, 3.05) is 13.2 Å². The number of carboxylic acids is 1. The number of rotatable bonds is 3. The lowest BCUT2D eigenvalue weighted by molar-refractivity contribution is -0.138. The van der Waals surface area contributed by atoms with E-state index in [4.69, 9.17) is 14.6 Å². The van der Waals surface area contributed by atoms with Crippen molar-refractivity contribution in [3.05, 3.63) is 22.2 Å². The van der Waals surface area contributed by atoms with E-state index in [0.717, 1.165) is 0 Å². The largest absolute Gasteiger partial charge is 0.486 e. The highest BCUT2D eigenvalue weighted by atomic mass is 79.9. The van der Waals surface area contributed by atoms with Crippen LogP contribution in [0.4, 0.5) is 0 Å². The molecule has 1 aromatic carbocycles. The zero-order valence-corrected chi connectivity index (χ0v) is 11.7. The van der Waals surface area contributed by atoms with Crippen LogP contribution in [0.5, 0.6) is 11.5 Å². The van der Waals surface area contributed by atoms with E-state index < -0.39 is 17.9 Å². The van der Waals surface area contributed by atoms with Gasteiger partial charge in [-0.15, -0.1) is 0 Å². The summed E-state index contributed by atoms with van der Waals surface area (Å²) in [6, 6.07) is 2.14. The number of hydrogen-bond acceptors (Lipinski definition) is 4. The van der Waals surface area contributed by atoms with Gasteiger partial charge >= 0.3 is 5.97 Å². The van der Waals surface area contributed by atoms with Crippen molar-refractivity contribution in [1.82, 2.24) is 5.32 Å². The molecule has 2 rings (SSSR count). The van der Waals surface area contributed by atoms with Crippen molar-refractivity contribution in [1.29, 1.82) is 0 Å². The second-order valence-electron chi connectivity index (χ2n) is 4.02. The Balaban J connectivity index is 2.23. The molecule has 1 aromatic rings. The summed E-state index contributed by atoms with van der Waals surface area (Å²) in [5, 5.41) is 11.1. The van der Waals surface area contributed by atoms with Crippen LogP contribution in [0.25, 0.3) is 0 Å². The van der Waals surface area contributed by atoms with Crippen molar-refractivity contribution in [2.45, 2.75) is 13.0 Å². The van der Waals surface area contributed by atoms with Gasteiger partial charge in [0.25, 0.3) is 5.91 Å². The van der Waals surface area contributed by atoms with E-state index in [1.165, 1.54) is 13.0 Å². The molecule has 19 heavy (non-hydrogen) atoms. The lowest BCUT2D eigenvalue weighted by Gasteiger charge is -2.20. The summed E-state index contributed by atoms with van der Waals surface area (Å²) in [4.78, 5) is 22.6. The molecule has 1 aliphatic rings. The summed E-state index contributed by atoms with van der Waals surface area (Å²) >= 11 is 3.29. The van der Waals surface area contributed by atoms with E-state index in [9.17, 15) is 9.59 Å². The lowest BCUT2D eigenvalue weighted by atomic mass is 10.1. The monoisotopic (exact) mass is 329 g/mol. The normalized spacial score (nSPS) is 14.6. The molecule has 1 amide bonds. The Morgan fingerprint density at radius 1 is 1.37 bits per heavy atom. The molecule has 7 heteroatoms. The predicted molar refractivity (Wildman–Crippen MR) is 69.7 cm³/mol. The van der Waals surface area contributed by atoms with Crippen molar-refractivity contribution < 1.29 is 24.2 Å². The van der Waals surface area contributed by atoms with Gasteiger partial charge in [0.2, 0.25) is 0 Å². The summed E-state index contributed by atoms with van der Waals surface area (Å²) < 4.78 is 11.4. The molecular formula is C12H12BrNO5. The van der Waals surface area contributed by atoms with Gasteiger partial charge in [-0.1, -0.05) is 0 Å². The summed E-state index contributed by atoms with van der Waals surface area (Å²) in [6.07, 6.45) is 0. The topological polar surface area (TPSA) is 84.9 Å². The zero-order valence-electron chi connectivity index (χ0n) is 10.1. The van der Waals surface area contributed by atoms with Crippen LogP contribution in [0, 0.1) is 0 Å². The van der Waals surface area contributed by atoms with Crippen LogP contribution >= 0.6 is 15.9 Å². The SMILES string of the molecule is CC(NC(=O)c1cc(Br)c2c(c1)OCCO2)C(=O)O. The summed E-state index contributed by atoms with van der Waals surface area (Å²) in [5.41, 5.74) is 0.309. The fraction of sp³-hybridized carbons (Fsp3) is 0.333. The quantitative estimate of drug-likeness (QED) is 0.876. The molecule has 102 valence electrons. The standard InChI is InChI=1S/C12H12BrNO5/c1-6(12(16)17)14-11(15)7-4-8(13)10-9(5-7)18-2-3-19-10/h4-6H,2-3H2,1H3,(H,14,15)(H,16,17). The number of fused-ring (bicyclic) bond motifs is 1. The van der Waals surface area contributed by atoms with Crippen molar-refractivity contribution in [2.24, 2.45) is 0 Å². The molecule has 1 heterocycles. The number of carboxylic acid groups (broad SMARTS) is 1. The van der Waals surface area contributed by atoms with Gasteiger partial charge in [0.1, 0.15) is 19.3 Å². The van der Waals surface area contributed by atoms with Gasteiger partial charge < -0.3 is 19.9 Å². The van der Waals surface area contributed by atoms with Gasteiger partial charge in [-0.2, -0.15) is 0 Å². The smallest absolute Gasteiger partial charge is 0.325 e. The van der Waals surface area contributed by atoms with Crippen molar-refractivity contribution >= 4 is 27.8 Å². The van der Waals surface area contributed by atoms with Crippen molar-refractivity contribution in [3.63, 3.8) is 0 Å². The first-order valence-corrected chi connectivity index (χ1v) is 6.41. The van der Waals surface area contributed by atoms with Crippen molar-refractivity contribution in [3.8, 4) is 11.5 Å². The third-order valence-corrected chi connectivity index (χ3v) is 3.17. The van der Waals surface area contributed by atoms with Crippen LogP contribution in [0.15, 0.2) is 16.6 Å². The van der Waals surface area contributed by atoms with Gasteiger partial charge in [-0.3, -0.25) is 9.59 Å². The third-order valence-electron chi connectivity index (χ3n) is 2.58. The fourth-order valence-corrected chi connectivity index (χ4v) is 2.14. The first-order valence-electron chi connectivity index (χ1n) is 5.62. The minimum Gasteiger partial charge on any atom is -0.486 e. The predicted octanol–water partition coefficient (Wildman–Crippen LogP) is 1.42. The molecule has 0 fully saturated rings. The average Bonchev–Trinajstić information content (AvgIpc) is 2.38. The Morgan fingerprint density at radius 2 is 2.05 bits per heavy atom. The lowest BCUT2D eigenvalue weighted by Crippen LogP contribution is -2.38. The van der Waals surface area contributed by atoms with Gasteiger partial charge in [0.05, 0.1) is 4.47 Å². The van der Waals surface area contributed by atoms with Crippen LogP contribution in [0.2, 0.25) is 0 Å². The minimum absolute atomic E-state index is 0.309. The van der Waals surface area contributed by atoms with E-state index in [0.29, 0.717) is 34.7 Å². The van der Waals surface area contributed by atoms with Gasteiger partial charge in [-0.25, -0.2) is 0 Å². The van der Waals surface area contributed by atoms with Crippen LogP contribution < -0.4 is 14.8 Å². The number of ether oxygens (including phenoxy) is 2. The summed E-state index contributed by atoms with van der Waals surface area (Å²) in [6.45, 7) is 2.26. The number of benzene rings is 1. The number of nitrogens with one attached hydrogen (secondary N) is 1. The van der Waals surface area contributed by atoms with Gasteiger partial charge in [-0.05, 0) is 35.0 Å². The molecule has 0 radical (unpaired) electrons. The Hall–Kier alpha value is -1.76. The molecular weight excluding hydrogens is 318 g/mol. The summed E-state index contributed by atoms with van der Waals surface area (Å²) in [5.74, 6) is -0.555. The van der Waals surface area contributed by atoms with E-state index in [2.05, 4.69) is 21.2 Å². The molecule has 0 bridgehead atoms. The molecule has 0 aromatic heterocycles. The number of carbonyl (C=O) groups is 2. The Morgan fingerprint density at radius 3 is 2.74 bits per heavy atom. The first kappa shape index (κ1) is 13.7. The Labute approximate surface area is 117 Å². The molecule has 1 atom stereocenters. The molecule has 0 saturated carbocycles. The highest BCUT2D eigenvalue weighted by molar-refractivity contribution is 9.10. The maximum Gasteiger partial charge on any atom is 0.325 e. The molecule has 6 nitrogen and oxygen atoms in total. The number of aliphatic carboxylic acids is 1. The number of halogens is 1. The highest BCUT2D eigenvalue weighted by Gasteiger charge is 2.21. The maximum atomic E-state index is 11.9. The average molecular weight is 330 g/mol. The van der Waals surface area contributed by atoms with Crippen LogP contribution in [-0.4, -0.2) is 36.2 Å². The number of amides is 1. The molecule has 1 unspecified atom stereocenters. The van der Waals surface area contributed by atoms with Gasteiger partial charge in [0, 0.05) is 5.56 Å². The molecule has 2 N–H and O–H groups in total. The third kappa shape index (κ3) is 2.98. The minimum atomic E-state index is -1.09. The Bertz CT molecular complexity index is 531. The maximum absolute atomic E-state index is 11.9. The van der Waals surface area contributed by atoms with E-state index >= 15 is 0 Å². The van der Waals surface area contributed by atoms with E-state index in [-0.39, 0.29) is 0 Å². The first-order chi connectivity index (χ1) is 8.99. The summed E-state index contributed by atoms with van der Waals surface area (Å²) in [7, 11) is 0. The van der Waals surface area contributed by atoms with Crippen LogP contribution in [0.3, 0.4) is 0 Å². The molecule has 1 aliphatic heterocycles. The molecule has 0 spiro atoms. The van der Waals surface area contributed by atoms with E-state index in [1.54, 1.807) is 6.07 Å². The molecule has 0 saturated heterocycles. The second-order valence-corrected chi connectivity index (χ2v) is 4.87. The fourth-order valence-electron chi connectivity index (χ4n) is 1.58. The zero-order chi connectivity index (χ0) is 14.0. The van der Waals surface area contributed by atoms with Crippen LogP contribution in [0.1, 0.15) is 17.3 Å².